The minimum Gasteiger partial charge on any atom is -0.469 e. The third-order valence-corrected chi connectivity index (χ3v) is 2.56. The van der Waals surface area contributed by atoms with Gasteiger partial charge in [0.15, 0.2) is 0 Å². The van der Waals surface area contributed by atoms with Gasteiger partial charge in [-0.1, -0.05) is 20.3 Å². The number of esters is 1. The van der Waals surface area contributed by atoms with Crippen LogP contribution in [-0.2, 0) is 14.3 Å². The number of hydrogen-bond donors (Lipinski definition) is 0. The third kappa shape index (κ3) is 6.53. The number of methoxy groups -OCH3 is 1. The zero-order valence-electron chi connectivity index (χ0n) is 10.3. The van der Waals surface area contributed by atoms with Gasteiger partial charge in [-0.15, -0.1) is 0 Å². The van der Waals surface area contributed by atoms with E-state index in [1.165, 1.54) is 7.11 Å². The second kappa shape index (κ2) is 8.25. The minimum absolute atomic E-state index is 0.0656. The highest BCUT2D eigenvalue weighted by molar-refractivity contribution is 5.84. The first-order valence-electron chi connectivity index (χ1n) is 5.74. The first-order chi connectivity index (χ1) is 7.51. The smallest absolute Gasteiger partial charge is 0.305 e. The monoisotopic (exact) mass is 232 g/mol. The van der Waals surface area contributed by atoms with Crippen LogP contribution < -0.4 is 0 Å². The standard InChI is InChI=1S/C12H21FO3/c1-4-5-10(13)8-9(2)11(14)6-7-12(15)16-3/h9-10H,4-8H2,1-3H3. The first-order valence-corrected chi connectivity index (χ1v) is 5.74. The normalized spacial score (nSPS) is 14.2. The van der Waals surface area contributed by atoms with Crippen molar-refractivity contribution in [3.05, 3.63) is 0 Å². The molecule has 0 fully saturated rings. The summed E-state index contributed by atoms with van der Waals surface area (Å²) in [5.74, 6) is -0.777. The van der Waals surface area contributed by atoms with Gasteiger partial charge >= 0.3 is 5.97 Å². The molecule has 0 aliphatic carbocycles. The van der Waals surface area contributed by atoms with Gasteiger partial charge < -0.3 is 4.74 Å². The first kappa shape index (κ1) is 15.1. The Kier molecular flexibility index (Phi) is 7.77. The second-order valence-electron chi connectivity index (χ2n) is 4.07. The topological polar surface area (TPSA) is 43.4 Å². The SMILES string of the molecule is CCCC(F)CC(C)C(=O)CCC(=O)OC. The summed E-state index contributed by atoms with van der Waals surface area (Å²) in [6, 6.07) is 0. The Morgan fingerprint density at radius 2 is 1.94 bits per heavy atom. The summed E-state index contributed by atoms with van der Waals surface area (Å²) < 4.78 is 17.7. The minimum atomic E-state index is -0.915. The molecule has 0 amide bonds. The van der Waals surface area contributed by atoms with Crippen LogP contribution in [0.3, 0.4) is 0 Å². The van der Waals surface area contributed by atoms with Crippen molar-refractivity contribution in [2.45, 2.75) is 52.1 Å². The maximum Gasteiger partial charge on any atom is 0.305 e. The molecular formula is C12H21FO3. The number of Topliss-reactive ketones (excluding diaryl/α,β-unsaturated/α-hetero) is 1. The fourth-order valence-electron chi connectivity index (χ4n) is 1.52. The lowest BCUT2D eigenvalue weighted by Gasteiger charge is -2.12. The Morgan fingerprint density at radius 3 is 2.44 bits per heavy atom. The zero-order valence-corrected chi connectivity index (χ0v) is 10.3. The van der Waals surface area contributed by atoms with Gasteiger partial charge in [0, 0.05) is 12.3 Å². The Morgan fingerprint density at radius 1 is 1.31 bits per heavy atom. The Balaban J connectivity index is 3.85. The van der Waals surface area contributed by atoms with Crippen LogP contribution in [0.15, 0.2) is 0 Å². The van der Waals surface area contributed by atoms with E-state index in [4.69, 9.17) is 0 Å². The van der Waals surface area contributed by atoms with Gasteiger partial charge in [-0.25, -0.2) is 4.39 Å². The predicted octanol–water partition coefficient (Wildman–Crippen LogP) is 2.67. The molecule has 0 aliphatic rings. The predicted molar refractivity (Wildman–Crippen MR) is 59.8 cm³/mol. The molecule has 3 nitrogen and oxygen atoms in total. The van der Waals surface area contributed by atoms with Crippen LogP contribution in [0.1, 0.15) is 46.0 Å². The molecule has 0 aliphatic heterocycles. The summed E-state index contributed by atoms with van der Waals surface area (Å²) in [5.41, 5.74) is 0. The van der Waals surface area contributed by atoms with Crippen molar-refractivity contribution in [2.75, 3.05) is 7.11 Å². The van der Waals surface area contributed by atoms with E-state index in [0.717, 1.165) is 6.42 Å². The fraction of sp³-hybridized carbons (Fsp3) is 0.833. The average Bonchev–Trinajstić information content (AvgIpc) is 2.25. The van der Waals surface area contributed by atoms with Crippen LogP contribution in [0.4, 0.5) is 4.39 Å². The summed E-state index contributed by atoms with van der Waals surface area (Å²) in [7, 11) is 1.29. The van der Waals surface area contributed by atoms with Gasteiger partial charge in [-0.05, 0) is 12.8 Å². The molecule has 0 aromatic heterocycles. The van der Waals surface area contributed by atoms with E-state index in [2.05, 4.69) is 4.74 Å². The van der Waals surface area contributed by atoms with Crippen LogP contribution in [0.2, 0.25) is 0 Å². The number of carbonyl (C=O) groups is 2. The van der Waals surface area contributed by atoms with E-state index in [-0.39, 0.29) is 31.0 Å². The lowest BCUT2D eigenvalue weighted by atomic mass is 9.95. The van der Waals surface area contributed by atoms with Gasteiger partial charge in [0.2, 0.25) is 0 Å². The highest BCUT2D eigenvalue weighted by Crippen LogP contribution is 2.16. The molecule has 0 N–H and O–H groups in total. The van der Waals surface area contributed by atoms with E-state index in [9.17, 15) is 14.0 Å². The summed E-state index contributed by atoms with van der Waals surface area (Å²) in [6.07, 6.45) is 0.853. The molecular weight excluding hydrogens is 211 g/mol. The van der Waals surface area contributed by atoms with E-state index >= 15 is 0 Å². The van der Waals surface area contributed by atoms with Gasteiger partial charge in [0.05, 0.1) is 13.5 Å². The third-order valence-electron chi connectivity index (χ3n) is 2.56. The Labute approximate surface area is 96.4 Å². The van der Waals surface area contributed by atoms with Gasteiger partial charge in [-0.3, -0.25) is 9.59 Å². The largest absolute Gasteiger partial charge is 0.469 e. The number of ketones is 1. The second-order valence-corrected chi connectivity index (χ2v) is 4.07. The van der Waals surface area contributed by atoms with Crippen molar-refractivity contribution in [1.82, 2.24) is 0 Å². The summed E-state index contributed by atoms with van der Waals surface area (Å²) in [6.45, 7) is 3.62. The number of alkyl halides is 1. The fourth-order valence-corrected chi connectivity index (χ4v) is 1.52. The molecule has 94 valence electrons. The number of rotatable bonds is 8. The molecule has 0 saturated heterocycles. The lowest BCUT2D eigenvalue weighted by Crippen LogP contribution is -2.17. The summed E-state index contributed by atoms with van der Waals surface area (Å²) in [5, 5.41) is 0. The molecule has 0 rings (SSSR count). The molecule has 0 spiro atoms. The van der Waals surface area contributed by atoms with Crippen molar-refractivity contribution in [3.63, 3.8) is 0 Å². The van der Waals surface area contributed by atoms with E-state index in [1.54, 1.807) is 6.92 Å². The van der Waals surface area contributed by atoms with Crippen molar-refractivity contribution in [3.8, 4) is 0 Å². The molecule has 4 heteroatoms. The molecule has 2 atom stereocenters. The van der Waals surface area contributed by atoms with E-state index in [0.29, 0.717) is 6.42 Å². The van der Waals surface area contributed by atoms with Crippen molar-refractivity contribution in [2.24, 2.45) is 5.92 Å². The molecule has 0 radical (unpaired) electrons. The van der Waals surface area contributed by atoms with Crippen LogP contribution in [0.5, 0.6) is 0 Å². The lowest BCUT2D eigenvalue weighted by molar-refractivity contribution is -0.142. The van der Waals surface area contributed by atoms with Crippen LogP contribution >= 0.6 is 0 Å². The Hall–Kier alpha value is -0.930. The van der Waals surface area contributed by atoms with Gasteiger partial charge in [-0.2, -0.15) is 0 Å². The zero-order chi connectivity index (χ0) is 12.6. The summed E-state index contributed by atoms with van der Waals surface area (Å²) in [4.78, 5) is 22.3. The van der Waals surface area contributed by atoms with Crippen LogP contribution in [-0.4, -0.2) is 25.0 Å². The quantitative estimate of drug-likeness (QED) is 0.604. The van der Waals surface area contributed by atoms with Crippen molar-refractivity contribution < 1.29 is 18.7 Å². The van der Waals surface area contributed by atoms with Crippen LogP contribution in [0.25, 0.3) is 0 Å². The maximum atomic E-state index is 13.2. The number of ether oxygens (including phenoxy) is 1. The average molecular weight is 232 g/mol. The van der Waals surface area contributed by atoms with E-state index in [1.807, 2.05) is 6.92 Å². The highest BCUT2D eigenvalue weighted by atomic mass is 19.1. The molecule has 0 bridgehead atoms. The van der Waals surface area contributed by atoms with Crippen LogP contribution in [0, 0.1) is 5.92 Å². The summed E-state index contributed by atoms with van der Waals surface area (Å²) >= 11 is 0. The molecule has 0 aromatic rings. The molecule has 2 unspecified atom stereocenters. The maximum absolute atomic E-state index is 13.2. The number of hydrogen-bond acceptors (Lipinski definition) is 3. The Bertz CT molecular complexity index is 228. The van der Waals surface area contributed by atoms with Gasteiger partial charge in [0.25, 0.3) is 0 Å². The molecule has 0 saturated carbocycles. The highest BCUT2D eigenvalue weighted by Gasteiger charge is 2.18. The number of carbonyl (C=O) groups excluding carboxylic acids is 2. The van der Waals surface area contributed by atoms with E-state index < -0.39 is 12.1 Å². The van der Waals surface area contributed by atoms with Crippen molar-refractivity contribution in [1.29, 1.82) is 0 Å². The van der Waals surface area contributed by atoms with Crippen molar-refractivity contribution >= 4 is 11.8 Å². The number of halogens is 1. The molecule has 0 heterocycles. The molecule has 0 aromatic carbocycles. The molecule has 16 heavy (non-hydrogen) atoms. The van der Waals surface area contributed by atoms with Gasteiger partial charge in [0.1, 0.15) is 12.0 Å².